The predicted octanol–water partition coefficient (Wildman–Crippen LogP) is -0.190. The third-order valence-electron chi connectivity index (χ3n) is 4.58. The predicted molar refractivity (Wildman–Crippen MR) is 94.1 cm³/mol. The van der Waals surface area contributed by atoms with Gasteiger partial charge in [-0.3, -0.25) is 0 Å². The third kappa shape index (κ3) is 5.63. The van der Waals surface area contributed by atoms with Gasteiger partial charge in [-0.15, -0.1) is 0 Å². The van der Waals surface area contributed by atoms with E-state index in [0.717, 1.165) is 27.4 Å². The summed E-state index contributed by atoms with van der Waals surface area (Å²) in [6.07, 6.45) is 1.27. The Balaban J connectivity index is 1.68. The van der Waals surface area contributed by atoms with Gasteiger partial charge in [0.15, 0.2) is 14.6 Å². The number of ether oxygens (including phenoxy) is 5. The molecular weight excluding hydrogens is 318 g/mol. The fraction of sp³-hybridized carbons (Fsp3) is 1.00. The summed E-state index contributed by atoms with van der Waals surface area (Å²) in [7, 11) is 1.89. The Morgan fingerprint density at radius 3 is 2.22 bits per heavy atom. The third-order valence-corrected chi connectivity index (χ3v) is 4.73. The van der Waals surface area contributed by atoms with E-state index >= 15 is 0 Å². The van der Waals surface area contributed by atoms with Gasteiger partial charge >= 0.3 is 0 Å². The van der Waals surface area contributed by atoms with Crippen LogP contribution in [0.25, 0.3) is 0 Å². The Morgan fingerprint density at radius 2 is 1.65 bits per heavy atom. The first-order valence-electron chi connectivity index (χ1n) is 8.55. The molecule has 0 aromatic heterocycles. The maximum atomic E-state index is 9.34. The van der Waals surface area contributed by atoms with Crippen molar-refractivity contribution >= 4 is 27.2 Å². The van der Waals surface area contributed by atoms with Crippen molar-refractivity contribution in [3.05, 3.63) is 0 Å². The number of thiol groups is 1. The Kier molecular flexibility index (Phi) is 8.74. The van der Waals surface area contributed by atoms with Crippen LogP contribution in [0.5, 0.6) is 0 Å². The fourth-order valence-corrected chi connectivity index (χ4v) is 3.37. The minimum atomic E-state index is -0.254. The highest BCUT2D eigenvalue weighted by Crippen LogP contribution is 2.24. The Morgan fingerprint density at radius 1 is 1.04 bits per heavy atom. The van der Waals surface area contributed by atoms with Crippen molar-refractivity contribution in [1.82, 2.24) is 0 Å². The summed E-state index contributed by atoms with van der Waals surface area (Å²) in [6, 6.07) is 0.385. The molecule has 0 radical (unpaired) electrons. The van der Waals surface area contributed by atoms with Crippen molar-refractivity contribution < 1.29 is 28.8 Å². The van der Waals surface area contributed by atoms with Crippen LogP contribution in [-0.4, -0.2) is 82.0 Å². The van der Waals surface area contributed by atoms with Crippen LogP contribution in [0.15, 0.2) is 0 Å². The summed E-state index contributed by atoms with van der Waals surface area (Å²) in [5.74, 6) is 0.382. The second kappa shape index (κ2) is 10.3. The van der Waals surface area contributed by atoms with E-state index < -0.39 is 0 Å². The highest BCUT2D eigenvalue weighted by Gasteiger charge is 2.36. The summed E-state index contributed by atoms with van der Waals surface area (Å²) in [4.78, 5) is 0. The quantitative estimate of drug-likeness (QED) is 0.247. The van der Waals surface area contributed by atoms with Crippen LogP contribution < -0.4 is 0 Å². The molecule has 0 bridgehead atoms. The largest absolute Gasteiger partial charge is 0.394 e. The van der Waals surface area contributed by atoms with Crippen molar-refractivity contribution in [3.8, 4) is 0 Å². The maximum Gasteiger partial charge on any atom is 0.154 e. The monoisotopic (exact) mass is 346 g/mol. The minimum Gasteiger partial charge on any atom is -0.394 e. The molecule has 2 saturated heterocycles. The molecule has 1 N–H and O–H groups in total. The van der Waals surface area contributed by atoms with Crippen molar-refractivity contribution in [1.29, 1.82) is 0 Å². The van der Waals surface area contributed by atoms with Crippen LogP contribution >= 0.6 is 12.6 Å². The molecule has 0 saturated carbocycles. The van der Waals surface area contributed by atoms with Crippen LogP contribution in [0.2, 0.25) is 13.6 Å². The zero-order chi connectivity index (χ0) is 16.7. The van der Waals surface area contributed by atoms with Crippen LogP contribution in [-0.2, 0) is 23.7 Å². The molecule has 0 spiro atoms. The molecular formula is C14H28B2O6S. The van der Waals surface area contributed by atoms with Crippen molar-refractivity contribution in [3.63, 3.8) is 0 Å². The van der Waals surface area contributed by atoms with E-state index in [1.165, 1.54) is 0 Å². The highest BCUT2D eigenvalue weighted by molar-refractivity contribution is 7.80. The standard InChI is InChI=1S/C14H28B2O6S/c1-15-13-3-9(11(5-17)21-13)19-7-18-6-12-10(20-8-23)4-14(16-2)22-12/h9-17,23H,3-8H2,1-2H3/t9?,10?,11-,12-,13-,14-/m1/s1. The van der Waals surface area contributed by atoms with Gasteiger partial charge in [0, 0.05) is 12.0 Å². The number of hydrogen-bond donors (Lipinski definition) is 2. The van der Waals surface area contributed by atoms with Gasteiger partial charge in [-0.05, 0) is 12.8 Å². The van der Waals surface area contributed by atoms with Crippen LogP contribution in [0.4, 0.5) is 0 Å². The second-order valence-corrected chi connectivity index (χ2v) is 6.35. The summed E-state index contributed by atoms with van der Waals surface area (Å²) >= 11 is 4.12. The average Bonchev–Trinajstić information content (AvgIpc) is 3.15. The molecule has 6 nitrogen and oxygen atoms in total. The van der Waals surface area contributed by atoms with Gasteiger partial charge in [-0.1, -0.05) is 13.6 Å². The average molecular weight is 346 g/mol. The fourth-order valence-electron chi connectivity index (χ4n) is 3.18. The summed E-state index contributed by atoms with van der Waals surface area (Å²) in [5, 5.41) is 9.34. The molecule has 6 atom stereocenters. The maximum absolute atomic E-state index is 9.34. The minimum absolute atomic E-state index is 0.0249. The lowest BCUT2D eigenvalue weighted by Crippen LogP contribution is -2.32. The lowest BCUT2D eigenvalue weighted by atomic mass is 9.73. The van der Waals surface area contributed by atoms with Gasteiger partial charge in [0.2, 0.25) is 0 Å². The molecule has 0 aromatic carbocycles. The molecule has 2 fully saturated rings. The van der Waals surface area contributed by atoms with Crippen LogP contribution in [0.1, 0.15) is 12.8 Å². The first kappa shape index (κ1) is 19.6. The molecule has 23 heavy (non-hydrogen) atoms. The molecule has 2 unspecified atom stereocenters. The van der Waals surface area contributed by atoms with Crippen LogP contribution in [0.3, 0.4) is 0 Å². The van der Waals surface area contributed by atoms with Gasteiger partial charge in [-0.25, -0.2) is 0 Å². The zero-order valence-corrected chi connectivity index (χ0v) is 15.0. The zero-order valence-electron chi connectivity index (χ0n) is 14.1. The Hall–Kier alpha value is 0.240. The van der Waals surface area contributed by atoms with Gasteiger partial charge in [0.05, 0.1) is 31.4 Å². The number of rotatable bonds is 10. The molecule has 0 aliphatic carbocycles. The first-order chi connectivity index (χ1) is 11.2. The number of aliphatic hydroxyl groups is 1. The van der Waals surface area contributed by atoms with Crippen molar-refractivity contribution in [2.75, 3.05) is 25.9 Å². The summed E-state index contributed by atoms with van der Waals surface area (Å²) in [5.41, 5.74) is 0. The second-order valence-electron chi connectivity index (χ2n) is 6.09. The SMILES string of the molecule is CB[C@H]1CC(OCOC[C@H]2O[C@@H](BC)CC2OCS)[C@@H](CO)O1. The van der Waals surface area contributed by atoms with Crippen LogP contribution in [0, 0.1) is 0 Å². The van der Waals surface area contributed by atoms with E-state index in [0.29, 0.717) is 12.5 Å². The topological polar surface area (TPSA) is 66.4 Å². The summed E-state index contributed by atoms with van der Waals surface area (Å²) in [6.45, 7) is 4.76. The van der Waals surface area contributed by atoms with E-state index in [4.69, 9.17) is 23.7 Å². The molecule has 0 aromatic rings. The van der Waals surface area contributed by atoms with E-state index in [1.54, 1.807) is 0 Å². The van der Waals surface area contributed by atoms with Gasteiger partial charge in [0.25, 0.3) is 0 Å². The number of hydrogen-bond acceptors (Lipinski definition) is 7. The molecule has 132 valence electrons. The van der Waals surface area contributed by atoms with Gasteiger partial charge < -0.3 is 28.8 Å². The highest BCUT2D eigenvalue weighted by atomic mass is 32.1. The van der Waals surface area contributed by atoms with Gasteiger partial charge in [0.1, 0.15) is 19.0 Å². The summed E-state index contributed by atoms with van der Waals surface area (Å²) < 4.78 is 28.6. The molecule has 2 aliphatic heterocycles. The smallest absolute Gasteiger partial charge is 0.154 e. The van der Waals surface area contributed by atoms with E-state index in [1.807, 2.05) is 0 Å². The molecule has 0 amide bonds. The van der Waals surface area contributed by atoms with Gasteiger partial charge in [-0.2, -0.15) is 12.6 Å². The van der Waals surface area contributed by atoms with E-state index in [9.17, 15) is 5.11 Å². The number of aliphatic hydroxyl groups excluding tert-OH is 1. The van der Waals surface area contributed by atoms with E-state index in [2.05, 4.69) is 26.3 Å². The lowest BCUT2D eigenvalue weighted by Gasteiger charge is -2.20. The van der Waals surface area contributed by atoms with E-state index in [-0.39, 0.29) is 49.8 Å². The molecule has 2 rings (SSSR count). The normalized spacial score (nSPS) is 37.2. The molecule has 2 heterocycles. The Bertz CT molecular complexity index is 340. The van der Waals surface area contributed by atoms with Crippen molar-refractivity contribution in [2.45, 2.75) is 62.9 Å². The Labute approximate surface area is 145 Å². The molecule has 2 aliphatic rings. The first-order valence-corrected chi connectivity index (χ1v) is 9.18. The lowest BCUT2D eigenvalue weighted by molar-refractivity contribution is -0.137. The molecule has 9 heteroatoms. The van der Waals surface area contributed by atoms with Crippen molar-refractivity contribution in [2.24, 2.45) is 0 Å².